The second kappa shape index (κ2) is 3.80. The summed E-state index contributed by atoms with van der Waals surface area (Å²) < 4.78 is 1.65. The third-order valence-corrected chi connectivity index (χ3v) is 1.82. The van der Waals surface area contributed by atoms with E-state index in [0.29, 0.717) is 13.0 Å². The lowest BCUT2D eigenvalue weighted by molar-refractivity contribution is 0.266. The standard InChI is InChI=1S/C7H13ClN2/c1-7(2,3)10(8)6-4-5-9/h4,6H2,1-3H3. The van der Waals surface area contributed by atoms with Gasteiger partial charge in [0.05, 0.1) is 6.07 Å². The summed E-state index contributed by atoms with van der Waals surface area (Å²) in [4.78, 5) is 0. The number of nitriles is 1. The van der Waals surface area contributed by atoms with Crippen molar-refractivity contribution >= 4 is 11.8 Å². The van der Waals surface area contributed by atoms with Gasteiger partial charge in [-0.1, -0.05) is 0 Å². The largest absolute Gasteiger partial charge is 0.214 e. The van der Waals surface area contributed by atoms with E-state index in [9.17, 15) is 0 Å². The highest BCUT2D eigenvalue weighted by molar-refractivity contribution is 6.13. The minimum atomic E-state index is -0.0432. The molecule has 10 heavy (non-hydrogen) atoms. The Morgan fingerprint density at radius 3 is 2.30 bits per heavy atom. The summed E-state index contributed by atoms with van der Waals surface area (Å²) in [5.41, 5.74) is -0.0432. The molecule has 0 saturated carbocycles. The van der Waals surface area contributed by atoms with Crippen molar-refractivity contribution in [2.24, 2.45) is 0 Å². The van der Waals surface area contributed by atoms with Crippen LogP contribution in [0.2, 0.25) is 0 Å². The maximum Gasteiger partial charge on any atom is 0.0635 e. The summed E-state index contributed by atoms with van der Waals surface area (Å²) in [6, 6.07) is 2.04. The number of halogens is 1. The van der Waals surface area contributed by atoms with Crippen molar-refractivity contribution in [2.45, 2.75) is 32.7 Å². The molecule has 0 aliphatic heterocycles. The molecule has 0 aliphatic rings. The first-order valence-electron chi connectivity index (χ1n) is 3.29. The normalized spacial score (nSPS) is 11.6. The van der Waals surface area contributed by atoms with Gasteiger partial charge < -0.3 is 0 Å². The van der Waals surface area contributed by atoms with Gasteiger partial charge in [0.2, 0.25) is 0 Å². The second-order valence-corrected chi connectivity index (χ2v) is 3.57. The Balaban J connectivity index is 3.65. The van der Waals surface area contributed by atoms with Crippen LogP contribution in [0.15, 0.2) is 0 Å². The highest BCUT2D eigenvalue weighted by Gasteiger charge is 2.17. The molecule has 0 bridgehead atoms. The van der Waals surface area contributed by atoms with E-state index in [0.717, 1.165) is 0 Å². The highest BCUT2D eigenvalue weighted by atomic mass is 35.5. The molecular weight excluding hydrogens is 148 g/mol. The van der Waals surface area contributed by atoms with Gasteiger partial charge in [-0.05, 0) is 32.5 Å². The summed E-state index contributed by atoms with van der Waals surface area (Å²) >= 11 is 5.82. The molecular formula is C7H13ClN2. The van der Waals surface area contributed by atoms with E-state index in [1.807, 2.05) is 26.8 Å². The van der Waals surface area contributed by atoms with Gasteiger partial charge in [0.25, 0.3) is 0 Å². The maximum atomic E-state index is 8.25. The van der Waals surface area contributed by atoms with Gasteiger partial charge in [-0.25, -0.2) is 4.42 Å². The molecule has 0 aliphatic carbocycles. The molecule has 0 spiro atoms. The van der Waals surface area contributed by atoms with E-state index in [-0.39, 0.29) is 5.54 Å². The molecule has 0 amide bonds. The minimum Gasteiger partial charge on any atom is -0.214 e. The van der Waals surface area contributed by atoms with Gasteiger partial charge in [0, 0.05) is 18.5 Å². The van der Waals surface area contributed by atoms with Crippen LogP contribution in [0.4, 0.5) is 0 Å². The van der Waals surface area contributed by atoms with Crippen molar-refractivity contribution in [3.63, 3.8) is 0 Å². The third kappa shape index (κ3) is 3.71. The number of hydrogen-bond donors (Lipinski definition) is 0. The van der Waals surface area contributed by atoms with Crippen LogP contribution >= 0.6 is 11.8 Å². The van der Waals surface area contributed by atoms with Crippen LogP contribution in [0.1, 0.15) is 27.2 Å². The van der Waals surface area contributed by atoms with Crippen molar-refractivity contribution in [3.05, 3.63) is 0 Å². The topological polar surface area (TPSA) is 27.0 Å². The molecule has 0 aromatic heterocycles. The lowest BCUT2D eigenvalue weighted by Crippen LogP contribution is -2.34. The summed E-state index contributed by atoms with van der Waals surface area (Å²) in [5.74, 6) is 0. The smallest absolute Gasteiger partial charge is 0.0635 e. The fourth-order valence-electron chi connectivity index (χ4n) is 0.484. The van der Waals surface area contributed by atoms with E-state index in [1.54, 1.807) is 4.42 Å². The SMILES string of the molecule is CC(C)(C)N(Cl)CCC#N. The molecule has 0 saturated heterocycles. The minimum absolute atomic E-state index is 0.0432. The monoisotopic (exact) mass is 160 g/mol. The second-order valence-electron chi connectivity index (χ2n) is 3.16. The van der Waals surface area contributed by atoms with E-state index in [1.165, 1.54) is 0 Å². The fraction of sp³-hybridized carbons (Fsp3) is 0.857. The summed E-state index contributed by atoms with van der Waals surface area (Å²) in [7, 11) is 0. The highest BCUT2D eigenvalue weighted by Crippen LogP contribution is 2.15. The third-order valence-electron chi connectivity index (χ3n) is 1.15. The quantitative estimate of drug-likeness (QED) is 0.579. The van der Waals surface area contributed by atoms with Crippen molar-refractivity contribution in [2.75, 3.05) is 6.54 Å². The summed E-state index contributed by atoms with van der Waals surface area (Å²) in [6.45, 7) is 6.66. The van der Waals surface area contributed by atoms with E-state index in [2.05, 4.69) is 0 Å². The Morgan fingerprint density at radius 1 is 1.50 bits per heavy atom. The predicted molar refractivity (Wildman–Crippen MR) is 42.5 cm³/mol. The molecule has 0 unspecified atom stereocenters. The van der Waals surface area contributed by atoms with Crippen LogP contribution in [0, 0.1) is 11.3 Å². The zero-order valence-corrected chi connectivity index (χ0v) is 7.44. The van der Waals surface area contributed by atoms with Gasteiger partial charge in [0.15, 0.2) is 0 Å². The lowest BCUT2D eigenvalue weighted by Gasteiger charge is -2.27. The molecule has 3 heteroatoms. The number of hydrogen-bond acceptors (Lipinski definition) is 2. The van der Waals surface area contributed by atoms with Crippen molar-refractivity contribution in [1.29, 1.82) is 5.26 Å². The van der Waals surface area contributed by atoms with E-state index >= 15 is 0 Å². The first-order chi connectivity index (χ1) is 4.48. The molecule has 0 atom stereocenters. The van der Waals surface area contributed by atoms with Crippen LogP contribution in [0.3, 0.4) is 0 Å². The van der Waals surface area contributed by atoms with Crippen molar-refractivity contribution < 1.29 is 0 Å². The van der Waals surface area contributed by atoms with Crippen molar-refractivity contribution in [3.8, 4) is 6.07 Å². The average Bonchev–Trinajstić information content (AvgIpc) is 1.80. The van der Waals surface area contributed by atoms with Gasteiger partial charge in [0.1, 0.15) is 0 Å². The van der Waals surface area contributed by atoms with E-state index in [4.69, 9.17) is 17.0 Å². The Labute approximate surface area is 67.5 Å². The van der Waals surface area contributed by atoms with Crippen molar-refractivity contribution in [1.82, 2.24) is 4.42 Å². The molecule has 0 fully saturated rings. The van der Waals surface area contributed by atoms with Gasteiger partial charge >= 0.3 is 0 Å². The van der Waals surface area contributed by atoms with Crippen LogP contribution in [-0.2, 0) is 0 Å². The predicted octanol–water partition coefficient (Wildman–Crippen LogP) is 2.15. The molecule has 0 rings (SSSR count). The zero-order chi connectivity index (χ0) is 8.20. The Hall–Kier alpha value is -0.260. The molecule has 0 heterocycles. The molecule has 0 aromatic carbocycles. The van der Waals surface area contributed by atoms with Crippen LogP contribution in [0.25, 0.3) is 0 Å². The molecule has 0 aromatic rings. The van der Waals surface area contributed by atoms with E-state index < -0.39 is 0 Å². The Bertz CT molecular complexity index is 132. The summed E-state index contributed by atoms with van der Waals surface area (Å²) in [5, 5.41) is 8.25. The number of nitrogens with zero attached hydrogens (tertiary/aromatic N) is 2. The molecule has 2 nitrogen and oxygen atoms in total. The first-order valence-corrected chi connectivity index (χ1v) is 3.62. The van der Waals surface area contributed by atoms with Gasteiger partial charge in [-0.15, -0.1) is 0 Å². The average molecular weight is 161 g/mol. The number of rotatable bonds is 2. The molecule has 0 radical (unpaired) electrons. The van der Waals surface area contributed by atoms with Crippen LogP contribution < -0.4 is 0 Å². The van der Waals surface area contributed by atoms with Crippen LogP contribution in [-0.4, -0.2) is 16.5 Å². The lowest BCUT2D eigenvalue weighted by atomic mass is 10.1. The molecule has 0 N–H and O–H groups in total. The summed E-state index contributed by atoms with van der Waals surface area (Å²) in [6.07, 6.45) is 0.487. The Morgan fingerprint density at radius 2 is 2.00 bits per heavy atom. The molecule has 58 valence electrons. The zero-order valence-electron chi connectivity index (χ0n) is 6.69. The fourth-order valence-corrected chi connectivity index (χ4v) is 0.568. The van der Waals surface area contributed by atoms with Gasteiger partial charge in [-0.3, -0.25) is 0 Å². The first kappa shape index (κ1) is 9.74. The maximum absolute atomic E-state index is 8.25. The Kier molecular flexibility index (Phi) is 3.70. The van der Waals surface area contributed by atoms with Crippen LogP contribution in [0.5, 0.6) is 0 Å². The van der Waals surface area contributed by atoms with Gasteiger partial charge in [-0.2, -0.15) is 5.26 Å².